The van der Waals surface area contributed by atoms with Crippen molar-refractivity contribution in [1.82, 2.24) is 0 Å². The third kappa shape index (κ3) is 3.29. The summed E-state index contributed by atoms with van der Waals surface area (Å²) in [5.41, 5.74) is 5.48. The standard InChI is InChI=1S/C18H19N.ClH/c1-14-13-16-9-5-6-10-17(16)18(19-14)12-11-15-7-3-2-4-8-15;/h2-10,14H,11-13H2,1H3;1H. The van der Waals surface area contributed by atoms with E-state index in [2.05, 4.69) is 61.5 Å². The maximum atomic E-state index is 4.86. The van der Waals surface area contributed by atoms with Crippen LogP contribution < -0.4 is 0 Å². The van der Waals surface area contributed by atoms with E-state index in [1.807, 2.05) is 0 Å². The first-order chi connectivity index (χ1) is 9.33. The fourth-order valence-corrected chi connectivity index (χ4v) is 2.79. The first kappa shape index (κ1) is 14.8. The Balaban J connectivity index is 0.00000147. The van der Waals surface area contributed by atoms with Crippen LogP contribution in [0.1, 0.15) is 30.0 Å². The van der Waals surface area contributed by atoms with Crippen LogP contribution in [0.25, 0.3) is 0 Å². The first-order valence-electron chi connectivity index (χ1n) is 7.02. The van der Waals surface area contributed by atoms with E-state index < -0.39 is 0 Å². The van der Waals surface area contributed by atoms with Crippen LogP contribution in [0.2, 0.25) is 0 Å². The van der Waals surface area contributed by atoms with Gasteiger partial charge in [0.25, 0.3) is 0 Å². The Labute approximate surface area is 127 Å². The summed E-state index contributed by atoms with van der Waals surface area (Å²) in [7, 11) is 0. The van der Waals surface area contributed by atoms with Crippen LogP contribution in [0.3, 0.4) is 0 Å². The zero-order valence-electron chi connectivity index (χ0n) is 11.8. The Morgan fingerprint density at radius 1 is 0.950 bits per heavy atom. The molecule has 0 bridgehead atoms. The van der Waals surface area contributed by atoms with Crippen LogP contribution in [0, 0.1) is 0 Å². The monoisotopic (exact) mass is 285 g/mol. The molecule has 0 saturated carbocycles. The Kier molecular flexibility index (Phi) is 4.97. The van der Waals surface area contributed by atoms with Crippen molar-refractivity contribution in [3.8, 4) is 0 Å². The highest BCUT2D eigenvalue weighted by molar-refractivity contribution is 6.02. The van der Waals surface area contributed by atoms with Crippen molar-refractivity contribution in [1.29, 1.82) is 0 Å². The smallest absolute Gasteiger partial charge is 0.0515 e. The molecule has 0 radical (unpaired) electrons. The lowest BCUT2D eigenvalue weighted by Crippen LogP contribution is -2.19. The summed E-state index contributed by atoms with van der Waals surface area (Å²) < 4.78 is 0. The minimum Gasteiger partial charge on any atom is -0.286 e. The van der Waals surface area contributed by atoms with Crippen molar-refractivity contribution in [2.75, 3.05) is 0 Å². The molecule has 3 rings (SSSR count). The second-order valence-corrected chi connectivity index (χ2v) is 5.27. The van der Waals surface area contributed by atoms with Gasteiger partial charge >= 0.3 is 0 Å². The lowest BCUT2D eigenvalue weighted by atomic mass is 9.91. The number of nitrogens with zero attached hydrogens (tertiary/aromatic N) is 1. The van der Waals surface area contributed by atoms with E-state index in [1.165, 1.54) is 22.4 Å². The lowest BCUT2D eigenvalue weighted by Gasteiger charge is -2.21. The molecule has 2 aromatic carbocycles. The molecular formula is C18H20ClN. The van der Waals surface area contributed by atoms with E-state index in [9.17, 15) is 0 Å². The summed E-state index contributed by atoms with van der Waals surface area (Å²) >= 11 is 0. The van der Waals surface area contributed by atoms with Crippen LogP contribution in [0.5, 0.6) is 0 Å². The first-order valence-corrected chi connectivity index (χ1v) is 7.02. The minimum atomic E-state index is 0. The fourth-order valence-electron chi connectivity index (χ4n) is 2.79. The third-order valence-corrected chi connectivity index (χ3v) is 3.71. The predicted molar refractivity (Wildman–Crippen MR) is 88.2 cm³/mol. The molecule has 104 valence electrons. The number of benzene rings is 2. The van der Waals surface area contributed by atoms with Crippen molar-refractivity contribution >= 4 is 18.1 Å². The highest BCUT2D eigenvalue weighted by atomic mass is 35.5. The summed E-state index contributed by atoms with van der Waals surface area (Å²) in [5, 5.41) is 0. The number of fused-ring (bicyclic) bond motifs is 1. The molecule has 0 spiro atoms. The molecule has 20 heavy (non-hydrogen) atoms. The molecule has 1 aliphatic heterocycles. The number of rotatable bonds is 3. The Morgan fingerprint density at radius 2 is 1.65 bits per heavy atom. The molecule has 2 aromatic rings. The molecule has 0 amide bonds. The Morgan fingerprint density at radius 3 is 2.45 bits per heavy atom. The topological polar surface area (TPSA) is 12.4 Å². The van der Waals surface area contributed by atoms with Gasteiger partial charge in [0.2, 0.25) is 0 Å². The van der Waals surface area contributed by atoms with Crippen molar-refractivity contribution in [3.63, 3.8) is 0 Å². The minimum absolute atomic E-state index is 0. The van der Waals surface area contributed by atoms with E-state index in [4.69, 9.17) is 4.99 Å². The van der Waals surface area contributed by atoms with Gasteiger partial charge in [-0.3, -0.25) is 4.99 Å². The number of aryl methyl sites for hydroxylation is 1. The van der Waals surface area contributed by atoms with Gasteiger partial charge in [-0.1, -0.05) is 54.6 Å². The SMILES string of the molecule is CC1Cc2ccccc2C(CCc2ccccc2)=N1.Cl. The van der Waals surface area contributed by atoms with Crippen molar-refractivity contribution in [2.45, 2.75) is 32.2 Å². The molecule has 1 nitrogen and oxygen atoms in total. The molecule has 0 aliphatic carbocycles. The highest BCUT2D eigenvalue weighted by Gasteiger charge is 2.17. The summed E-state index contributed by atoms with van der Waals surface area (Å²) in [4.78, 5) is 4.86. The van der Waals surface area contributed by atoms with Crippen LogP contribution in [-0.2, 0) is 12.8 Å². The molecule has 0 aromatic heterocycles. The van der Waals surface area contributed by atoms with E-state index in [-0.39, 0.29) is 12.4 Å². The normalized spacial score (nSPS) is 16.9. The molecular weight excluding hydrogens is 266 g/mol. The number of aliphatic imine (C=N–C) groups is 1. The Bertz CT molecular complexity index is 589. The van der Waals surface area contributed by atoms with Gasteiger partial charge in [0.15, 0.2) is 0 Å². The van der Waals surface area contributed by atoms with Gasteiger partial charge in [0.05, 0.1) is 6.04 Å². The molecule has 1 unspecified atom stereocenters. The fraction of sp³-hybridized carbons (Fsp3) is 0.278. The molecule has 0 saturated heterocycles. The van der Waals surface area contributed by atoms with E-state index in [0.29, 0.717) is 6.04 Å². The average molecular weight is 286 g/mol. The van der Waals surface area contributed by atoms with E-state index in [1.54, 1.807) is 0 Å². The largest absolute Gasteiger partial charge is 0.286 e. The quantitative estimate of drug-likeness (QED) is 0.789. The van der Waals surface area contributed by atoms with Gasteiger partial charge in [0.1, 0.15) is 0 Å². The van der Waals surface area contributed by atoms with Crippen LogP contribution in [-0.4, -0.2) is 11.8 Å². The lowest BCUT2D eigenvalue weighted by molar-refractivity contribution is 0.721. The maximum absolute atomic E-state index is 4.86. The van der Waals surface area contributed by atoms with E-state index >= 15 is 0 Å². The zero-order chi connectivity index (χ0) is 13.1. The van der Waals surface area contributed by atoms with Gasteiger partial charge in [0, 0.05) is 5.71 Å². The van der Waals surface area contributed by atoms with E-state index in [0.717, 1.165) is 19.3 Å². The molecule has 0 N–H and O–H groups in total. The molecule has 0 fully saturated rings. The third-order valence-electron chi connectivity index (χ3n) is 3.71. The van der Waals surface area contributed by atoms with Crippen molar-refractivity contribution in [2.24, 2.45) is 4.99 Å². The summed E-state index contributed by atoms with van der Waals surface area (Å²) in [6.07, 6.45) is 3.18. The Hall–Kier alpha value is -1.60. The van der Waals surface area contributed by atoms with Crippen molar-refractivity contribution in [3.05, 3.63) is 71.3 Å². The zero-order valence-corrected chi connectivity index (χ0v) is 12.6. The van der Waals surface area contributed by atoms with Gasteiger partial charge in [-0.2, -0.15) is 0 Å². The molecule has 1 atom stereocenters. The number of hydrogen-bond donors (Lipinski definition) is 0. The van der Waals surface area contributed by atoms with Gasteiger partial charge < -0.3 is 0 Å². The number of hydrogen-bond acceptors (Lipinski definition) is 1. The van der Waals surface area contributed by atoms with Crippen LogP contribution >= 0.6 is 12.4 Å². The van der Waals surface area contributed by atoms with Crippen LogP contribution in [0.15, 0.2) is 59.6 Å². The van der Waals surface area contributed by atoms with Crippen molar-refractivity contribution < 1.29 is 0 Å². The summed E-state index contributed by atoms with van der Waals surface area (Å²) in [6, 6.07) is 19.8. The van der Waals surface area contributed by atoms with Gasteiger partial charge in [-0.25, -0.2) is 0 Å². The number of halogens is 1. The second kappa shape index (κ2) is 6.71. The highest BCUT2D eigenvalue weighted by Crippen LogP contribution is 2.22. The predicted octanol–water partition coefficient (Wildman–Crippen LogP) is 4.47. The van der Waals surface area contributed by atoms with Gasteiger partial charge in [-0.15, -0.1) is 12.4 Å². The molecule has 2 heteroatoms. The van der Waals surface area contributed by atoms with Gasteiger partial charge in [-0.05, 0) is 42.9 Å². The maximum Gasteiger partial charge on any atom is 0.0515 e. The average Bonchev–Trinajstić information content (AvgIpc) is 2.45. The molecule has 1 heterocycles. The molecule has 1 aliphatic rings. The van der Waals surface area contributed by atoms with Crippen LogP contribution in [0.4, 0.5) is 0 Å². The summed E-state index contributed by atoms with van der Waals surface area (Å²) in [5.74, 6) is 0. The summed E-state index contributed by atoms with van der Waals surface area (Å²) in [6.45, 7) is 2.21. The second-order valence-electron chi connectivity index (χ2n) is 5.27.